The third kappa shape index (κ3) is 3.75. The number of anilines is 1. The molecule has 2 rings (SSSR count). The minimum atomic E-state index is -1.01. The first-order valence-electron chi connectivity index (χ1n) is 7.19. The molecule has 0 fully saturated rings. The van der Waals surface area contributed by atoms with Crippen LogP contribution in [0.2, 0.25) is 0 Å². The van der Waals surface area contributed by atoms with Crippen LogP contribution in [0.15, 0.2) is 42.6 Å². The maximum atomic E-state index is 11.2. The number of aromatic carboxylic acids is 1. The van der Waals surface area contributed by atoms with Crippen LogP contribution in [0.4, 0.5) is 5.82 Å². The summed E-state index contributed by atoms with van der Waals surface area (Å²) in [5.74, 6) is 0.127. The molecule has 0 amide bonds. The molecule has 0 saturated carbocycles. The fraction of sp³-hybridized carbons (Fsp3) is 0.294. The second kappa shape index (κ2) is 6.93. The van der Waals surface area contributed by atoms with E-state index in [0.717, 1.165) is 11.3 Å². The first kappa shape index (κ1) is 15.8. The molecule has 0 saturated heterocycles. The Morgan fingerprint density at radius 1 is 1.18 bits per heavy atom. The maximum Gasteiger partial charge on any atom is 0.339 e. The summed E-state index contributed by atoms with van der Waals surface area (Å²) in [6.07, 6.45) is 1.63. The molecule has 22 heavy (non-hydrogen) atoms. The van der Waals surface area contributed by atoms with Crippen molar-refractivity contribution in [3.05, 3.63) is 53.7 Å². The van der Waals surface area contributed by atoms with Crippen molar-refractivity contribution in [2.75, 3.05) is 5.32 Å². The molecule has 1 atom stereocenters. The Morgan fingerprint density at radius 3 is 2.59 bits per heavy atom. The number of nitrogens with zero attached hydrogens (tertiary/aromatic N) is 1. The molecule has 0 bridgehead atoms. The number of aromatic nitrogens is 1. The number of nitrogens with one attached hydrogen (secondary N) is 1. The lowest BCUT2D eigenvalue weighted by atomic mass is 10.1. The second-order valence-corrected chi connectivity index (χ2v) is 5.28. The lowest BCUT2D eigenvalue weighted by Crippen LogP contribution is -2.14. The van der Waals surface area contributed by atoms with E-state index in [1.54, 1.807) is 12.3 Å². The van der Waals surface area contributed by atoms with Gasteiger partial charge in [0.05, 0.1) is 12.1 Å². The molecule has 0 aliphatic carbocycles. The zero-order valence-electron chi connectivity index (χ0n) is 12.9. The molecule has 0 radical (unpaired) electrons. The van der Waals surface area contributed by atoms with Crippen LogP contribution in [0.5, 0.6) is 5.75 Å². The van der Waals surface area contributed by atoms with Gasteiger partial charge >= 0.3 is 5.97 Å². The number of hydrogen-bond donors (Lipinski definition) is 2. The molecule has 0 spiro atoms. The lowest BCUT2D eigenvalue weighted by molar-refractivity contribution is 0.0697. The van der Waals surface area contributed by atoms with Gasteiger partial charge in [-0.1, -0.05) is 18.2 Å². The van der Waals surface area contributed by atoms with Crippen LogP contribution in [0.1, 0.15) is 42.7 Å². The van der Waals surface area contributed by atoms with E-state index in [9.17, 15) is 9.90 Å². The predicted molar refractivity (Wildman–Crippen MR) is 85.4 cm³/mol. The Labute approximate surface area is 130 Å². The van der Waals surface area contributed by atoms with E-state index in [-0.39, 0.29) is 17.7 Å². The molecular weight excluding hydrogens is 280 g/mol. The second-order valence-electron chi connectivity index (χ2n) is 5.28. The first-order chi connectivity index (χ1) is 10.5. The van der Waals surface area contributed by atoms with Gasteiger partial charge in [-0.25, -0.2) is 9.78 Å². The fourth-order valence-corrected chi connectivity index (χ4v) is 2.18. The number of benzene rings is 1. The molecule has 116 valence electrons. The van der Waals surface area contributed by atoms with Gasteiger partial charge in [0.2, 0.25) is 0 Å². The van der Waals surface area contributed by atoms with Gasteiger partial charge < -0.3 is 15.2 Å². The van der Waals surface area contributed by atoms with Crippen molar-refractivity contribution in [1.29, 1.82) is 0 Å². The molecule has 1 heterocycles. The van der Waals surface area contributed by atoms with E-state index in [4.69, 9.17) is 4.74 Å². The number of carboxylic acids is 1. The van der Waals surface area contributed by atoms with Crippen molar-refractivity contribution in [2.45, 2.75) is 32.9 Å². The Hall–Kier alpha value is -2.56. The summed E-state index contributed by atoms with van der Waals surface area (Å²) in [5, 5.41) is 12.4. The third-order valence-corrected chi connectivity index (χ3v) is 3.14. The van der Waals surface area contributed by atoms with E-state index in [0.29, 0.717) is 5.82 Å². The van der Waals surface area contributed by atoms with Gasteiger partial charge in [0.25, 0.3) is 0 Å². The monoisotopic (exact) mass is 300 g/mol. The van der Waals surface area contributed by atoms with Gasteiger partial charge in [0.15, 0.2) is 0 Å². The van der Waals surface area contributed by atoms with Crippen LogP contribution in [-0.4, -0.2) is 22.2 Å². The molecule has 1 aromatic heterocycles. The van der Waals surface area contributed by atoms with E-state index < -0.39 is 5.97 Å². The molecule has 1 aromatic carbocycles. The van der Waals surface area contributed by atoms with E-state index in [2.05, 4.69) is 10.3 Å². The van der Waals surface area contributed by atoms with Crippen molar-refractivity contribution >= 4 is 11.8 Å². The molecule has 5 nitrogen and oxygen atoms in total. The van der Waals surface area contributed by atoms with Crippen molar-refractivity contribution in [3.8, 4) is 5.75 Å². The van der Waals surface area contributed by atoms with Gasteiger partial charge in [-0.3, -0.25) is 0 Å². The molecule has 2 aromatic rings. The summed E-state index contributed by atoms with van der Waals surface area (Å²) in [4.78, 5) is 15.4. The molecule has 5 heteroatoms. The molecular formula is C17H20N2O3. The standard InChI is InChI=1S/C17H20N2O3/c1-11(2)22-15-9-5-4-7-13(15)12(3)19-16-14(17(20)21)8-6-10-18-16/h4-12H,1-3H3,(H,18,19)(H,20,21)/t12-/m1/s1. The highest BCUT2D eigenvalue weighted by Gasteiger charge is 2.16. The zero-order chi connectivity index (χ0) is 16.1. The average molecular weight is 300 g/mol. The number of pyridine rings is 1. The minimum Gasteiger partial charge on any atom is -0.491 e. The van der Waals surface area contributed by atoms with Gasteiger partial charge in [-0.2, -0.15) is 0 Å². The Morgan fingerprint density at radius 2 is 1.91 bits per heavy atom. The number of para-hydroxylation sites is 1. The quantitative estimate of drug-likeness (QED) is 0.850. The third-order valence-electron chi connectivity index (χ3n) is 3.14. The summed E-state index contributed by atoms with van der Waals surface area (Å²) in [6.45, 7) is 5.88. The highest BCUT2D eigenvalue weighted by molar-refractivity contribution is 5.93. The summed E-state index contributed by atoms with van der Waals surface area (Å²) in [5.41, 5.74) is 1.11. The maximum absolute atomic E-state index is 11.2. The fourth-order valence-electron chi connectivity index (χ4n) is 2.18. The van der Waals surface area contributed by atoms with E-state index in [1.807, 2.05) is 45.0 Å². The lowest BCUT2D eigenvalue weighted by Gasteiger charge is -2.20. The van der Waals surface area contributed by atoms with Crippen LogP contribution in [0.25, 0.3) is 0 Å². The Bertz CT molecular complexity index is 656. The highest BCUT2D eigenvalue weighted by atomic mass is 16.5. The number of ether oxygens (including phenoxy) is 1. The topological polar surface area (TPSA) is 71.5 Å². The normalized spacial score (nSPS) is 12.0. The smallest absolute Gasteiger partial charge is 0.339 e. The van der Waals surface area contributed by atoms with Crippen molar-refractivity contribution in [1.82, 2.24) is 4.98 Å². The summed E-state index contributed by atoms with van der Waals surface area (Å²) in [7, 11) is 0. The Kier molecular flexibility index (Phi) is 4.99. The van der Waals surface area contributed by atoms with Crippen molar-refractivity contribution in [3.63, 3.8) is 0 Å². The van der Waals surface area contributed by atoms with Gasteiger partial charge in [0.1, 0.15) is 17.1 Å². The number of carbonyl (C=O) groups is 1. The zero-order valence-corrected chi connectivity index (χ0v) is 12.9. The molecule has 2 N–H and O–H groups in total. The SMILES string of the molecule is CC(C)Oc1ccccc1[C@@H](C)Nc1ncccc1C(=O)O. The van der Waals surface area contributed by atoms with Crippen LogP contribution < -0.4 is 10.1 Å². The molecule has 0 aliphatic rings. The van der Waals surface area contributed by atoms with Gasteiger partial charge in [-0.05, 0) is 39.0 Å². The Balaban J connectivity index is 2.27. The number of carboxylic acid groups (broad SMARTS) is 1. The van der Waals surface area contributed by atoms with Crippen molar-refractivity contribution < 1.29 is 14.6 Å². The number of hydrogen-bond acceptors (Lipinski definition) is 4. The van der Waals surface area contributed by atoms with Gasteiger partial charge in [0, 0.05) is 11.8 Å². The summed E-state index contributed by atoms with van der Waals surface area (Å²) >= 11 is 0. The largest absolute Gasteiger partial charge is 0.491 e. The van der Waals surface area contributed by atoms with Crippen LogP contribution >= 0.6 is 0 Å². The summed E-state index contributed by atoms with van der Waals surface area (Å²) in [6, 6.07) is 10.7. The van der Waals surface area contributed by atoms with Crippen molar-refractivity contribution in [2.24, 2.45) is 0 Å². The predicted octanol–water partition coefficient (Wildman–Crippen LogP) is 3.74. The minimum absolute atomic E-state index is 0.0674. The molecule has 0 aliphatic heterocycles. The first-order valence-corrected chi connectivity index (χ1v) is 7.19. The van der Waals surface area contributed by atoms with E-state index in [1.165, 1.54) is 6.07 Å². The summed E-state index contributed by atoms with van der Waals surface area (Å²) < 4.78 is 5.81. The molecule has 0 unspecified atom stereocenters. The van der Waals surface area contributed by atoms with Crippen LogP contribution in [-0.2, 0) is 0 Å². The van der Waals surface area contributed by atoms with E-state index >= 15 is 0 Å². The number of rotatable bonds is 6. The highest BCUT2D eigenvalue weighted by Crippen LogP contribution is 2.28. The average Bonchev–Trinajstić information content (AvgIpc) is 2.47. The van der Waals surface area contributed by atoms with Crippen LogP contribution in [0, 0.1) is 0 Å². The van der Waals surface area contributed by atoms with Gasteiger partial charge in [-0.15, -0.1) is 0 Å². The van der Waals surface area contributed by atoms with Crippen LogP contribution in [0.3, 0.4) is 0 Å².